The number of aliphatic hydroxyl groups excluding tert-OH is 1. The van der Waals surface area contributed by atoms with Crippen LogP contribution in [0, 0.1) is 0 Å². The van der Waals surface area contributed by atoms with E-state index < -0.39 is 0 Å². The van der Waals surface area contributed by atoms with Gasteiger partial charge in [-0.05, 0) is 37.8 Å². The first-order chi connectivity index (χ1) is 7.36. The van der Waals surface area contributed by atoms with Gasteiger partial charge in [-0.3, -0.25) is 0 Å². The summed E-state index contributed by atoms with van der Waals surface area (Å²) >= 11 is 0. The van der Waals surface area contributed by atoms with Gasteiger partial charge in [0.1, 0.15) is 5.82 Å². The van der Waals surface area contributed by atoms with Crippen molar-refractivity contribution >= 4 is 5.82 Å². The number of rotatable bonds is 3. The van der Waals surface area contributed by atoms with Crippen LogP contribution in [0.15, 0.2) is 24.4 Å². The molecule has 1 aromatic rings. The van der Waals surface area contributed by atoms with Crippen molar-refractivity contribution in [2.24, 2.45) is 0 Å². The van der Waals surface area contributed by atoms with Crippen molar-refractivity contribution < 1.29 is 5.11 Å². The Morgan fingerprint density at radius 2 is 2.07 bits per heavy atom. The second kappa shape index (κ2) is 3.49. The molecule has 0 saturated heterocycles. The van der Waals surface area contributed by atoms with E-state index in [-0.39, 0.29) is 6.10 Å². The highest BCUT2D eigenvalue weighted by molar-refractivity contribution is 5.43. The fraction of sp³-hybridized carbons (Fsp3) is 0.583. The number of anilines is 1. The Morgan fingerprint density at radius 1 is 1.20 bits per heavy atom. The van der Waals surface area contributed by atoms with E-state index in [1.807, 2.05) is 24.4 Å². The van der Waals surface area contributed by atoms with Gasteiger partial charge in [-0.1, -0.05) is 6.07 Å². The maximum atomic E-state index is 9.75. The summed E-state index contributed by atoms with van der Waals surface area (Å²) in [7, 11) is 0. The number of hydrogen-bond acceptors (Lipinski definition) is 3. The van der Waals surface area contributed by atoms with Crippen LogP contribution >= 0.6 is 0 Å². The number of aromatic nitrogens is 1. The normalized spacial score (nSPS) is 29.7. The van der Waals surface area contributed by atoms with Crippen LogP contribution in [0.25, 0.3) is 0 Å². The molecule has 3 heteroatoms. The molecule has 1 aromatic heterocycles. The van der Waals surface area contributed by atoms with Crippen molar-refractivity contribution in [2.45, 2.75) is 43.9 Å². The third-order valence-electron chi connectivity index (χ3n) is 3.41. The van der Waals surface area contributed by atoms with Crippen LogP contribution in [0.2, 0.25) is 0 Å². The standard InChI is InChI=1S/C12H16N2O/c15-11-7-6-10(11)14(9-4-5-9)12-3-1-2-8-13-12/h1-3,8-11,15H,4-7H2. The van der Waals surface area contributed by atoms with Crippen LogP contribution in [0.3, 0.4) is 0 Å². The molecule has 2 aliphatic rings. The van der Waals surface area contributed by atoms with Gasteiger partial charge in [-0.2, -0.15) is 0 Å². The fourth-order valence-corrected chi connectivity index (χ4v) is 2.28. The molecule has 1 N–H and O–H groups in total. The van der Waals surface area contributed by atoms with Gasteiger partial charge >= 0.3 is 0 Å². The van der Waals surface area contributed by atoms with E-state index in [4.69, 9.17) is 0 Å². The van der Waals surface area contributed by atoms with Crippen LogP contribution in [-0.2, 0) is 0 Å². The van der Waals surface area contributed by atoms with Crippen LogP contribution in [0.1, 0.15) is 25.7 Å². The van der Waals surface area contributed by atoms with E-state index >= 15 is 0 Å². The second-order valence-electron chi connectivity index (χ2n) is 4.54. The van der Waals surface area contributed by atoms with Gasteiger partial charge in [0.25, 0.3) is 0 Å². The topological polar surface area (TPSA) is 36.4 Å². The number of aliphatic hydroxyl groups is 1. The Balaban J connectivity index is 1.84. The zero-order chi connectivity index (χ0) is 10.3. The van der Waals surface area contributed by atoms with Gasteiger partial charge in [-0.15, -0.1) is 0 Å². The van der Waals surface area contributed by atoms with Gasteiger partial charge < -0.3 is 10.0 Å². The van der Waals surface area contributed by atoms with Gasteiger partial charge in [0.2, 0.25) is 0 Å². The molecule has 0 aliphatic heterocycles. The summed E-state index contributed by atoms with van der Waals surface area (Å²) in [4.78, 5) is 6.72. The fourth-order valence-electron chi connectivity index (χ4n) is 2.28. The van der Waals surface area contributed by atoms with Crippen LogP contribution in [0.5, 0.6) is 0 Å². The van der Waals surface area contributed by atoms with Crippen molar-refractivity contribution in [3.8, 4) is 0 Å². The molecule has 2 unspecified atom stereocenters. The van der Waals surface area contributed by atoms with E-state index in [1.165, 1.54) is 12.8 Å². The van der Waals surface area contributed by atoms with E-state index in [0.717, 1.165) is 18.7 Å². The largest absolute Gasteiger partial charge is 0.391 e. The van der Waals surface area contributed by atoms with Crippen molar-refractivity contribution in [1.82, 2.24) is 4.98 Å². The molecule has 2 aliphatic carbocycles. The first-order valence-corrected chi connectivity index (χ1v) is 5.74. The summed E-state index contributed by atoms with van der Waals surface area (Å²) < 4.78 is 0. The molecule has 2 atom stereocenters. The second-order valence-corrected chi connectivity index (χ2v) is 4.54. The molecule has 2 fully saturated rings. The van der Waals surface area contributed by atoms with E-state index in [0.29, 0.717) is 12.1 Å². The smallest absolute Gasteiger partial charge is 0.129 e. The number of pyridine rings is 1. The molecule has 15 heavy (non-hydrogen) atoms. The predicted octanol–water partition coefficient (Wildman–Crippen LogP) is 1.57. The lowest BCUT2D eigenvalue weighted by molar-refractivity contribution is 0.0633. The molecule has 3 nitrogen and oxygen atoms in total. The van der Waals surface area contributed by atoms with Crippen molar-refractivity contribution in [3.63, 3.8) is 0 Å². The Hall–Kier alpha value is -1.09. The third kappa shape index (κ3) is 1.61. The lowest BCUT2D eigenvalue weighted by atomic mass is 9.87. The van der Waals surface area contributed by atoms with Crippen LogP contribution in [0.4, 0.5) is 5.82 Å². The average Bonchev–Trinajstić information content (AvgIpc) is 3.08. The monoisotopic (exact) mass is 204 g/mol. The lowest BCUT2D eigenvalue weighted by Crippen LogP contribution is -2.52. The number of hydrogen-bond donors (Lipinski definition) is 1. The van der Waals surface area contributed by atoms with Crippen molar-refractivity contribution in [3.05, 3.63) is 24.4 Å². The first-order valence-electron chi connectivity index (χ1n) is 5.74. The van der Waals surface area contributed by atoms with Gasteiger partial charge in [0, 0.05) is 12.2 Å². The van der Waals surface area contributed by atoms with Crippen LogP contribution < -0.4 is 4.90 Å². The SMILES string of the molecule is OC1CCC1N(c1ccccn1)C1CC1. The predicted molar refractivity (Wildman–Crippen MR) is 58.8 cm³/mol. The summed E-state index contributed by atoms with van der Waals surface area (Å²) in [6.45, 7) is 0. The Morgan fingerprint density at radius 3 is 2.53 bits per heavy atom. The third-order valence-corrected chi connectivity index (χ3v) is 3.41. The summed E-state index contributed by atoms with van der Waals surface area (Å²) in [5.41, 5.74) is 0. The average molecular weight is 204 g/mol. The minimum atomic E-state index is -0.146. The minimum absolute atomic E-state index is 0.146. The molecular formula is C12H16N2O. The molecule has 0 spiro atoms. The molecule has 0 amide bonds. The Kier molecular flexibility index (Phi) is 2.13. The zero-order valence-electron chi connectivity index (χ0n) is 8.71. The summed E-state index contributed by atoms with van der Waals surface area (Å²) in [5.74, 6) is 1.03. The van der Waals surface area contributed by atoms with Crippen molar-refractivity contribution in [1.29, 1.82) is 0 Å². The number of nitrogens with zero attached hydrogens (tertiary/aromatic N) is 2. The first kappa shape index (κ1) is 9.16. The van der Waals surface area contributed by atoms with E-state index in [2.05, 4.69) is 9.88 Å². The minimum Gasteiger partial charge on any atom is -0.391 e. The maximum Gasteiger partial charge on any atom is 0.129 e. The van der Waals surface area contributed by atoms with Crippen molar-refractivity contribution in [2.75, 3.05) is 4.90 Å². The molecule has 0 bridgehead atoms. The highest BCUT2D eigenvalue weighted by Gasteiger charge is 2.41. The zero-order valence-corrected chi connectivity index (χ0v) is 8.71. The van der Waals surface area contributed by atoms with E-state index in [9.17, 15) is 5.11 Å². The summed E-state index contributed by atoms with van der Waals surface area (Å²) in [6, 6.07) is 6.94. The highest BCUT2D eigenvalue weighted by Crippen LogP contribution is 2.38. The molecule has 1 heterocycles. The molecule has 0 aromatic carbocycles. The Bertz CT molecular complexity index is 337. The lowest BCUT2D eigenvalue weighted by Gasteiger charge is -2.42. The summed E-state index contributed by atoms with van der Waals surface area (Å²) in [6.07, 6.45) is 6.23. The highest BCUT2D eigenvalue weighted by atomic mass is 16.3. The molecule has 2 saturated carbocycles. The van der Waals surface area contributed by atoms with Gasteiger partial charge in [-0.25, -0.2) is 4.98 Å². The van der Waals surface area contributed by atoms with Gasteiger partial charge in [0.15, 0.2) is 0 Å². The maximum absolute atomic E-state index is 9.75. The Labute approximate surface area is 89.7 Å². The molecule has 0 radical (unpaired) electrons. The molecule has 80 valence electrons. The molecule has 3 rings (SSSR count). The van der Waals surface area contributed by atoms with Gasteiger partial charge in [0.05, 0.1) is 12.1 Å². The van der Waals surface area contributed by atoms with Crippen LogP contribution in [-0.4, -0.2) is 28.3 Å². The quantitative estimate of drug-likeness (QED) is 0.812. The summed E-state index contributed by atoms with van der Waals surface area (Å²) in [5, 5.41) is 9.75. The van der Waals surface area contributed by atoms with E-state index in [1.54, 1.807) is 0 Å². The molecular weight excluding hydrogens is 188 g/mol.